The van der Waals surface area contributed by atoms with Crippen molar-refractivity contribution in [1.29, 1.82) is 0 Å². The van der Waals surface area contributed by atoms with Crippen LogP contribution in [0.1, 0.15) is 31.7 Å². The van der Waals surface area contributed by atoms with Crippen molar-refractivity contribution < 1.29 is 4.74 Å². The second kappa shape index (κ2) is 8.04. The van der Waals surface area contributed by atoms with E-state index in [1.807, 2.05) is 12.4 Å². The Morgan fingerprint density at radius 2 is 2.00 bits per heavy atom. The van der Waals surface area contributed by atoms with Crippen LogP contribution >= 0.6 is 0 Å². The van der Waals surface area contributed by atoms with Gasteiger partial charge in [-0.05, 0) is 63.0 Å². The fraction of sp³-hybridized carbons (Fsp3) is 0.722. The number of aromatic nitrogens is 1. The predicted octanol–water partition coefficient (Wildman–Crippen LogP) is 2.10. The summed E-state index contributed by atoms with van der Waals surface area (Å²) in [5.41, 5.74) is 1.37. The minimum absolute atomic E-state index is 0.510. The molecule has 0 amide bonds. The lowest BCUT2D eigenvalue weighted by atomic mass is 9.93. The fourth-order valence-electron chi connectivity index (χ4n) is 3.75. The van der Waals surface area contributed by atoms with Gasteiger partial charge in [-0.3, -0.25) is 4.98 Å². The van der Waals surface area contributed by atoms with E-state index in [4.69, 9.17) is 4.74 Å². The summed E-state index contributed by atoms with van der Waals surface area (Å²) in [4.78, 5) is 6.70. The number of pyridine rings is 1. The van der Waals surface area contributed by atoms with Gasteiger partial charge >= 0.3 is 0 Å². The molecule has 2 fully saturated rings. The van der Waals surface area contributed by atoms with Gasteiger partial charge in [-0.1, -0.05) is 6.92 Å². The van der Waals surface area contributed by atoms with E-state index in [0.717, 1.165) is 19.6 Å². The monoisotopic (exact) mass is 303 g/mol. The first kappa shape index (κ1) is 15.9. The number of rotatable bonds is 6. The molecule has 4 heteroatoms. The first-order valence-electron chi connectivity index (χ1n) is 8.80. The maximum atomic E-state index is 5.75. The summed E-state index contributed by atoms with van der Waals surface area (Å²) in [7, 11) is 0. The molecule has 122 valence electrons. The molecule has 0 radical (unpaired) electrons. The lowest BCUT2D eigenvalue weighted by molar-refractivity contribution is 0.170. The Labute approximate surface area is 134 Å². The average molecular weight is 303 g/mol. The van der Waals surface area contributed by atoms with Crippen molar-refractivity contribution in [3.63, 3.8) is 0 Å². The van der Waals surface area contributed by atoms with Crippen molar-refractivity contribution in [3.8, 4) is 0 Å². The highest BCUT2D eigenvalue weighted by Crippen LogP contribution is 2.21. The maximum absolute atomic E-state index is 5.75. The Hall–Kier alpha value is -0.970. The maximum Gasteiger partial charge on any atom is 0.0623 e. The van der Waals surface area contributed by atoms with E-state index in [2.05, 4.69) is 34.3 Å². The number of likely N-dealkylation sites (tertiary alicyclic amines) is 1. The molecule has 2 atom stereocenters. The lowest BCUT2D eigenvalue weighted by Crippen LogP contribution is -2.48. The molecule has 1 aromatic heterocycles. The van der Waals surface area contributed by atoms with E-state index in [9.17, 15) is 0 Å². The minimum atomic E-state index is 0.510. The zero-order valence-electron chi connectivity index (χ0n) is 13.7. The van der Waals surface area contributed by atoms with Crippen LogP contribution in [0.5, 0.6) is 0 Å². The number of hydrogen-bond acceptors (Lipinski definition) is 4. The first-order chi connectivity index (χ1) is 10.8. The lowest BCUT2D eigenvalue weighted by Gasteiger charge is -2.34. The second-order valence-corrected chi connectivity index (χ2v) is 6.75. The van der Waals surface area contributed by atoms with Crippen molar-refractivity contribution in [2.75, 3.05) is 32.8 Å². The van der Waals surface area contributed by atoms with Crippen LogP contribution in [0.3, 0.4) is 0 Å². The SMILES string of the molecule is CCCN1CCC(N[C@H]2COC[C@H]2Cc2ccncc2)CC1. The van der Waals surface area contributed by atoms with Crippen LogP contribution in [-0.2, 0) is 11.2 Å². The van der Waals surface area contributed by atoms with Crippen molar-refractivity contribution in [1.82, 2.24) is 15.2 Å². The molecule has 0 spiro atoms. The quantitative estimate of drug-likeness (QED) is 0.873. The number of ether oxygens (including phenoxy) is 1. The molecule has 3 rings (SSSR count). The predicted molar refractivity (Wildman–Crippen MR) is 88.9 cm³/mol. The van der Waals surface area contributed by atoms with Gasteiger partial charge in [0.2, 0.25) is 0 Å². The summed E-state index contributed by atoms with van der Waals surface area (Å²) in [6.07, 6.45) is 8.68. The molecule has 3 heterocycles. The van der Waals surface area contributed by atoms with Crippen molar-refractivity contribution >= 4 is 0 Å². The molecule has 0 saturated carbocycles. The van der Waals surface area contributed by atoms with Crippen molar-refractivity contribution in [2.45, 2.75) is 44.7 Å². The zero-order chi connectivity index (χ0) is 15.2. The molecule has 1 N–H and O–H groups in total. The Balaban J connectivity index is 1.47. The van der Waals surface area contributed by atoms with Crippen LogP contribution in [0.2, 0.25) is 0 Å². The number of hydrogen-bond donors (Lipinski definition) is 1. The van der Waals surface area contributed by atoms with E-state index in [1.54, 1.807) is 0 Å². The Bertz CT molecular complexity index is 431. The molecule has 2 aliphatic rings. The zero-order valence-corrected chi connectivity index (χ0v) is 13.7. The summed E-state index contributed by atoms with van der Waals surface area (Å²) in [5.74, 6) is 0.594. The number of piperidine rings is 1. The van der Waals surface area contributed by atoms with E-state index < -0.39 is 0 Å². The van der Waals surface area contributed by atoms with Gasteiger partial charge in [0, 0.05) is 30.4 Å². The van der Waals surface area contributed by atoms with Crippen LogP contribution in [0.4, 0.5) is 0 Å². The number of nitrogens with one attached hydrogen (secondary N) is 1. The van der Waals surface area contributed by atoms with Gasteiger partial charge < -0.3 is 15.0 Å². The molecule has 1 aromatic rings. The van der Waals surface area contributed by atoms with Crippen LogP contribution in [0.15, 0.2) is 24.5 Å². The molecule has 22 heavy (non-hydrogen) atoms. The molecule has 2 saturated heterocycles. The van der Waals surface area contributed by atoms with Crippen LogP contribution < -0.4 is 5.32 Å². The van der Waals surface area contributed by atoms with E-state index in [0.29, 0.717) is 18.0 Å². The van der Waals surface area contributed by atoms with E-state index in [1.165, 1.54) is 44.5 Å². The normalized spacial score (nSPS) is 27.3. The highest BCUT2D eigenvalue weighted by molar-refractivity contribution is 5.11. The van der Waals surface area contributed by atoms with Gasteiger partial charge in [-0.2, -0.15) is 0 Å². The second-order valence-electron chi connectivity index (χ2n) is 6.75. The standard InChI is InChI=1S/C18H29N3O/c1-2-9-21-10-5-17(6-11-21)20-18-14-22-13-16(18)12-15-3-7-19-8-4-15/h3-4,7-8,16-18,20H,2,5-6,9-14H2,1H3/t16-,18+/m1/s1. The third kappa shape index (κ3) is 4.28. The third-order valence-electron chi connectivity index (χ3n) is 5.02. The van der Waals surface area contributed by atoms with Gasteiger partial charge in [-0.15, -0.1) is 0 Å². The van der Waals surface area contributed by atoms with Crippen LogP contribution in [-0.4, -0.2) is 54.8 Å². The van der Waals surface area contributed by atoms with Crippen LogP contribution in [0.25, 0.3) is 0 Å². The molecule has 0 bridgehead atoms. The van der Waals surface area contributed by atoms with E-state index >= 15 is 0 Å². The number of nitrogens with zero attached hydrogens (tertiary/aromatic N) is 2. The molecular formula is C18H29N3O. The fourth-order valence-corrected chi connectivity index (χ4v) is 3.75. The topological polar surface area (TPSA) is 37.4 Å². The van der Waals surface area contributed by atoms with Crippen LogP contribution in [0, 0.1) is 5.92 Å². The molecular weight excluding hydrogens is 274 g/mol. The Morgan fingerprint density at radius 3 is 2.73 bits per heavy atom. The molecule has 0 aliphatic carbocycles. The van der Waals surface area contributed by atoms with Gasteiger partial charge in [0.05, 0.1) is 13.2 Å². The van der Waals surface area contributed by atoms with Gasteiger partial charge in [0.25, 0.3) is 0 Å². The first-order valence-corrected chi connectivity index (χ1v) is 8.80. The summed E-state index contributed by atoms with van der Waals surface area (Å²) in [6.45, 7) is 7.76. The summed E-state index contributed by atoms with van der Waals surface area (Å²) in [6, 6.07) is 5.42. The smallest absolute Gasteiger partial charge is 0.0623 e. The third-order valence-corrected chi connectivity index (χ3v) is 5.02. The van der Waals surface area contributed by atoms with Gasteiger partial charge in [-0.25, -0.2) is 0 Å². The highest BCUT2D eigenvalue weighted by Gasteiger charge is 2.31. The molecule has 0 unspecified atom stereocenters. The largest absolute Gasteiger partial charge is 0.379 e. The van der Waals surface area contributed by atoms with Crippen molar-refractivity contribution in [3.05, 3.63) is 30.1 Å². The minimum Gasteiger partial charge on any atom is -0.379 e. The van der Waals surface area contributed by atoms with E-state index in [-0.39, 0.29) is 0 Å². The Kier molecular flexibility index (Phi) is 5.82. The average Bonchev–Trinajstić information content (AvgIpc) is 2.97. The molecule has 0 aromatic carbocycles. The molecule has 4 nitrogen and oxygen atoms in total. The summed E-state index contributed by atoms with van der Waals surface area (Å²) >= 11 is 0. The summed E-state index contributed by atoms with van der Waals surface area (Å²) in [5, 5.41) is 3.88. The van der Waals surface area contributed by atoms with Gasteiger partial charge in [0.15, 0.2) is 0 Å². The Morgan fingerprint density at radius 1 is 1.23 bits per heavy atom. The summed E-state index contributed by atoms with van der Waals surface area (Å²) < 4.78 is 5.75. The van der Waals surface area contributed by atoms with Gasteiger partial charge in [0.1, 0.15) is 0 Å². The van der Waals surface area contributed by atoms with Crippen molar-refractivity contribution in [2.24, 2.45) is 5.92 Å². The molecule has 2 aliphatic heterocycles. The highest BCUT2D eigenvalue weighted by atomic mass is 16.5.